The summed E-state index contributed by atoms with van der Waals surface area (Å²) in [5.41, 5.74) is 5.61. The van der Waals surface area contributed by atoms with E-state index in [9.17, 15) is 4.79 Å². The average molecular weight is 238 g/mol. The van der Waals surface area contributed by atoms with E-state index in [0.29, 0.717) is 5.69 Å². The van der Waals surface area contributed by atoms with Crippen molar-refractivity contribution in [2.45, 2.75) is 6.04 Å². The molecule has 0 saturated carbocycles. The zero-order valence-corrected chi connectivity index (χ0v) is 9.45. The second kappa shape index (κ2) is 5.06. The molecule has 88 valence electrons. The summed E-state index contributed by atoms with van der Waals surface area (Å²) in [6.07, 6.45) is 0. The molecule has 0 bridgehead atoms. The Labute approximate surface area is 104 Å². The number of nitriles is 1. The van der Waals surface area contributed by atoms with Crippen LogP contribution in [0, 0.1) is 11.3 Å². The largest absolute Gasteiger partial charge is 0.367 e. The molecule has 0 fully saturated rings. The van der Waals surface area contributed by atoms with E-state index in [1.54, 1.807) is 12.1 Å². The van der Waals surface area contributed by atoms with E-state index >= 15 is 0 Å². The number of carbonyl (C=O) groups excluding carboxylic acids is 1. The quantitative estimate of drug-likeness (QED) is 0.831. The first-order valence-corrected chi connectivity index (χ1v) is 5.30. The molecule has 2 aromatic rings. The van der Waals surface area contributed by atoms with Crippen LogP contribution in [0.3, 0.4) is 0 Å². The third-order valence-electron chi connectivity index (χ3n) is 2.44. The van der Waals surface area contributed by atoms with Crippen LogP contribution in [0.2, 0.25) is 0 Å². The van der Waals surface area contributed by atoms with Crippen LogP contribution in [-0.4, -0.2) is 11.9 Å². The van der Waals surface area contributed by atoms with Gasteiger partial charge in [-0.2, -0.15) is 15.5 Å². The highest BCUT2D eigenvalue weighted by molar-refractivity contribution is 5.92. The van der Waals surface area contributed by atoms with Crippen LogP contribution in [0.15, 0.2) is 52.7 Å². The first-order valence-electron chi connectivity index (χ1n) is 5.30. The highest BCUT2D eigenvalue weighted by Gasteiger charge is 2.12. The first kappa shape index (κ1) is 11.7. The molecule has 0 aliphatic heterocycles. The molecule has 5 nitrogen and oxygen atoms in total. The summed E-state index contributed by atoms with van der Waals surface area (Å²) in [7, 11) is 0. The van der Waals surface area contributed by atoms with Crippen molar-refractivity contribution >= 4 is 22.4 Å². The number of benzene rings is 2. The van der Waals surface area contributed by atoms with E-state index < -0.39 is 11.9 Å². The number of amides is 1. The fraction of sp³-hybridized carbons (Fsp3) is 0.0769. The minimum absolute atomic E-state index is 0.606. The molecule has 1 atom stereocenters. The van der Waals surface area contributed by atoms with Gasteiger partial charge >= 0.3 is 0 Å². The smallest absolute Gasteiger partial charge is 0.258 e. The molecule has 0 heterocycles. The van der Waals surface area contributed by atoms with Gasteiger partial charge in [-0.15, -0.1) is 0 Å². The predicted molar refractivity (Wildman–Crippen MR) is 67.1 cm³/mol. The summed E-state index contributed by atoms with van der Waals surface area (Å²) in [6, 6.07) is 13.6. The van der Waals surface area contributed by atoms with Gasteiger partial charge in [0.15, 0.2) is 0 Å². The number of carbonyl (C=O) groups is 1. The SMILES string of the molecule is N#C[C@@H](N=Nc1cccc2ccccc12)C(N)=O. The molecule has 0 saturated heterocycles. The number of fused-ring (bicyclic) bond motifs is 1. The Balaban J connectivity index is 2.41. The number of hydrogen-bond acceptors (Lipinski definition) is 4. The minimum Gasteiger partial charge on any atom is -0.367 e. The Bertz CT molecular complexity index is 652. The zero-order chi connectivity index (χ0) is 13.0. The van der Waals surface area contributed by atoms with Gasteiger partial charge in [0.1, 0.15) is 6.07 Å². The van der Waals surface area contributed by atoms with E-state index in [0.717, 1.165) is 10.8 Å². The van der Waals surface area contributed by atoms with Crippen molar-refractivity contribution in [1.82, 2.24) is 0 Å². The van der Waals surface area contributed by atoms with E-state index in [-0.39, 0.29) is 0 Å². The van der Waals surface area contributed by atoms with Crippen molar-refractivity contribution in [2.24, 2.45) is 16.0 Å². The van der Waals surface area contributed by atoms with Gasteiger partial charge in [-0.1, -0.05) is 36.4 Å². The fourth-order valence-electron chi connectivity index (χ4n) is 1.56. The van der Waals surface area contributed by atoms with Gasteiger partial charge in [0, 0.05) is 5.39 Å². The molecule has 2 N–H and O–H groups in total. The lowest BCUT2D eigenvalue weighted by atomic mass is 10.1. The van der Waals surface area contributed by atoms with Gasteiger partial charge in [-0.3, -0.25) is 4.79 Å². The summed E-state index contributed by atoms with van der Waals surface area (Å²) >= 11 is 0. The molecule has 0 aliphatic rings. The van der Waals surface area contributed by atoms with Gasteiger partial charge < -0.3 is 5.73 Å². The van der Waals surface area contributed by atoms with Crippen molar-refractivity contribution < 1.29 is 4.79 Å². The van der Waals surface area contributed by atoms with Gasteiger partial charge in [0.05, 0.1) is 5.69 Å². The Kier molecular flexibility index (Phi) is 3.30. The summed E-state index contributed by atoms with van der Waals surface area (Å²) in [4.78, 5) is 10.9. The molecule has 18 heavy (non-hydrogen) atoms. The monoisotopic (exact) mass is 238 g/mol. The van der Waals surface area contributed by atoms with Gasteiger partial charge in [0.25, 0.3) is 5.91 Å². The highest BCUT2D eigenvalue weighted by atomic mass is 16.1. The van der Waals surface area contributed by atoms with Gasteiger partial charge in [-0.25, -0.2) is 0 Å². The Morgan fingerprint density at radius 3 is 2.67 bits per heavy atom. The molecule has 2 rings (SSSR count). The fourth-order valence-corrected chi connectivity index (χ4v) is 1.56. The van der Waals surface area contributed by atoms with Crippen molar-refractivity contribution in [3.8, 4) is 6.07 Å². The maximum absolute atomic E-state index is 10.9. The lowest BCUT2D eigenvalue weighted by Gasteiger charge is -2.01. The number of primary amides is 1. The number of hydrogen-bond donors (Lipinski definition) is 1. The van der Waals surface area contributed by atoms with Crippen LogP contribution in [0.4, 0.5) is 5.69 Å². The highest BCUT2D eigenvalue weighted by Crippen LogP contribution is 2.25. The van der Waals surface area contributed by atoms with Crippen molar-refractivity contribution in [2.75, 3.05) is 0 Å². The molecule has 0 spiro atoms. The molecule has 0 aromatic heterocycles. The van der Waals surface area contributed by atoms with E-state index in [4.69, 9.17) is 11.0 Å². The number of nitrogens with zero attached hydrogens (tertiary/aromatic N) is 3. The molecule has 0 unspecified atom stereocenters. The van der Waals surface area contributed by atoms with Crippen molar-refractivity contribution in [3.05, 3.63) is 42.5 Å². The number of azo groups is 1. The molecule has 1 amide bonds. The van der Waals surface area contributed by atoms with Crippen LogP contribution < -0.4 is 5.73 Å². The molecule has 0 radical (unpaired) electrons. The lowest BCUT2D eigenvalue weighted by molar-refractivity contribution is -0.118. The maximum atomic E-state index is 10.9. The number of rotatable bonds is 3. The van der Waals surface area contributed by atoms with Crippen molar-refractivity contribution in [3.63, 3.8) is 0 Å². The topological polar surface area (TPSA) is 91.6 Å². The Morgan fingerprint density at radius 1 is 1.22 bits per heavy atom. The van der Waals surface area contributed by atoms with Crippen LogP contribution in [-0.2, 0) is 4.79 Å². The zero-order valence-electron chi connectivity index (χ0n) is 9.45. The van der Waals surface area contributed by atoms with Crippen LogP contribution in [0.5, 0.6) is 0 Å². The first-order chi connectivity index (χ1) is 8.72. The summed E-state index contributed by atoms with van der Waals surface area (Å²) in [5, 5.41) is 18.2. The number of nitrogens with two attached hydrogens (primary N) is 1. The van der Waals surface area contributed by atoms with Crippen molar-refractivity contribution in [1.29, 1.82) is 5.26 Å². The minimum atomic E-state index is -1.25. The van der Waals surface area contributed by atoms with Crippen LogP contribution >= 0.6 is 0 Å². The third kappa shape index (κ3) is 2.33. The molecule has 2 aromatic carbocycles. The summed E-state index contributed by atoms with van der Waals surface area (Å²) in [6.45, 7) is 0. The van der Waals surface area contributed by atoms with Gasteiger partial charge in [-0.05, 0) is 11.5 Å². The van der Waals surface area contributed by atoms with E-state index in [1.807, 2.05) is 36.4 Å². The second-order valence-electron chi connectivity index (χ2n) is 3.65. The van der Waals surface area contributed by atoms with E-state index in [1.165, 1.54) is 0 Å². The Morgan fingerprint density at radius 2 is 1.94 bits per heavy atom. The predicted octanol–water partition coefficient (Wildman–Crippen LogP) is 2.30. The third-order valence-corrected chi connectivity index (χ3v) is 2.44. The second-order valence-corrected chi connectivity index (χ2v) is 3.65. The lowest BCUT2D eigenvalue weighted by Crippen LogP contribution is -2.24. The average Bonchev–Trinajstić information content (AvgIpc) is 2.39. The van der Waals surface area contributed by atoms with E-state index in [2.05, 4.69) is 10.2 Å². The normalized spacial score (nSPS) is 12.4. The summed E-state index contributed by atoms with van der Waals surface area (Å²) in [5.74, 6) is -0.804. The van der Waals surface area contributed by atoms with Crippen LogP contribution in [0.1, 0.15) is 0 Å². The van der Waals surface area contributed by atoms with Gasteiger partial charge in [0.2, 0.25) is 6.04 Å². The summed E-state index contributed by atoms with van der Waals surface area (Å²) < 4.78 is 0. The molecule has 0 aliphatic carbocycles. The molecular formula is C13H10N4O. The standard InChI is InChI=1S/C13H10N4O/c14-8-12(13(15)18)17-16-11-7-3-5-9-4-1-2-6-10(9)11/h1-7,12H,(H2,15,18)/t12-/m1/s1. The molecular weight excluding hydrogens is 228 g/mol. The van der Waals surface area contributed by atoms with Crippen LogP contribution in [0.25, 0.3) is 10.8 Å². The maximum Gasteiger partial charge on any atom is 0.258 e. The molecule has 5 heteroatoms. The Hall–Kier alpha value is -2.74.